The third kappa shape index (κ3) is 7.68. The van der Waals surface area contributed by atoms with Gasteiger partial charge in [0.05, 0.1) is 12.8 Å². The molecule has 0 amide bonds. The minimum absolute atomic E-state index is 0.958. The Morgan fingerprint density at radius 2 is 1.79 bits per heavy atom. The monoisotopic (exact) mass is 527 g/mol. The van der Waals surface area contributed by atoms with Crippen LogP contribution in [0.5, 0.6) is 5.75 Å². The Bertz CT molecular complexity index is 1240. The molecule has 1 heterocycles. The molecule has 4 nitrogen and oxygen atoms in total. The fourth-order valence-electron chi connectivity index (χ4n) is 4.67. The van der Waals surface area contributed by atoms with Crippen molar-refractivity contribution < 1.29 is 4.74 Å². The molecule has 0 aromatic heterocycles. The van der Waals surface area contributed by atoms with Gasteiger partial charge in [-0.3, -0.25) is 4.90 Å². The van der Waals surface area contributed by atoms with Crippen LogP contribution in [0.1, 0.15) is 43.4 Å². The van der Waals surface area contributed by atoms with Gasteiger partial charge in [0, 0.05) is 43.3 Å². The second-order valence-corrected chi connectivity index (χ2v) is 10.7. The maximum absolute atomic E-state index is 5.59. The van der Waals surface area contributed by atoms with E-state index < -0.39 is 0 Å². The lowest BCUT2D eigenvalue weighted by Crippen LogP contribution is -2.30. The van der Waals surface area contributed by atoms with Crippen LogP contribution in [0.3, 0.4) is 0 Å². The van der Waals surface area contributed by atoms with E-state index in [2.05, 4.69) is 108 Å². The third-order valence-electron chi connectivity index (χ3n) is 7.19. The number of benzene rings is 3. The zero-order chi connectivity index (χ0) is 26.7. The minimum Gasteiger partial charge on any atom is -0.495 e. The van der Waals surface area contributed by atoms with Crippen molar-refractivity contribution in [2.75, 3.05) is 42.9 Å². The fourth-order valence-corrected chi connectivity index (χ4v) is 5.45. The number of hydrogen-bond acceptors (Lipinski definition) is 5. The van der Waals surface area contributed by atoms with E-state index >= 15 is 0 Å². The molecular formula is C33H41N3OS. The van der Waals surface area contributed by atoms with E-state index in [9.17, 15) is 0 Å². The van der Waals surface area contributed by atoms with Gasteiger partial charge in [-0.25, -0.2) is 0 Å². The maximum atomic E-state index is 5.59. The maximum Gasteiger partial charge on any atom is 0.142 e. The molecule has 0 bridgehead atoms. The Kier molecular flexibility index (Phi) is 10.4. The van der Waals surface area contributed by atoms with Gasteiger partial charge < -0.3 is 14.4 Å². The quantitative estimate of drug-likeness (QED) is 0.212. The smallest absolute Gasteiger partial charge is 0.142 e. The number of ether oxygens (including phenoxy) is 1. The first-order chi connectivity index (χ1) is 18.6. The van der Waals surface area contributed by atoms with E-state index in [1.807, 2.05) is 12.1 Å². The molecule has 1 fully saturated rings. The molecule has 3 aromatic rings. The molecule has 1 aliphatic rings. The molecule has 200 valence electrons. The molecule has 1 N–H and O–H groups in total. The Balaban J connectivity index is 1.30. The van der Waals surface area contributed by atoms with Crippen LogP contribution in [0, 0.1) is 6.92 Å². The first kappa shape index (κ1) is 27.9. The molecule has 1 saturated heterocycles. The summed E-state index contributed by atoms with van der Waals surface area (Å²) in [7, 11) is 1.75. The van der Waals surface area contributed by atoms with Crippen molar-refractivity contribution in [3.63, 3.8) is 0 Å². The Morgan fingerprint density at radius 3 is 2.58 bits per heavy atom. The molecule has 0 atom stereocenters. The summed E-state index contributed by atoms with van der Waals surface area (Å²) in [6.45, 7) is 11.8. The molecule has 38 heavy (non-hydrogen) atoms. The van der Waals surface area contributed by atoms with Crippen molar-refractivity contribution in [2.24, 2.45) is 0 Å². The number of nitrogens with one attached hydrogen (secondary N) is 1. The Morgan fingerprint density at radius 1 is 0.974 bits per heavy atom. The van der Waals surface area contributed by atoms with Crippen LogP contribution < -0.4 is 14.4 Å². The van der Waals surface area contributed by atoms with Crippen LogP contribution in [0.25, 0.3) is 6.08 Å². The normalized spacial score (nSPS) is 15.1. The largest absolute Gasteiger partial charge is 0.495 e. The van der Waals surface area contributed by atoms with Crippen molar-refractivity contribution in [2.45, 2.75) is 45.1 Å². The van der Waals surface area contributed by atoms with Crippen molar-refractivity contribution >= 4 is 29.4 Å². The number of allylic oxidation sites excluding steroid dienone is 3. The minimum atomic E-state index is 0.958. The van der Waals surface area contributed by atoms with Gasteiger partial charge >= 0.3 is 0 Å². The van der Waals surface area contributed by atoms with E-state index in [-0.39, 0.29) is 0 Å². The van der Waals surface area contributed by atoms with E-state index in [1.165, 1.54) is 32.8 Å². The summed E-state index contributed by atoms with van der Waals surface area (Å²) in [4.78, 5) is 6.27. The summed E-state index contributed by atoms with van der Waals surface area (Å²) in [6.07, 6.45) is 8.79. The first-order valence-electron chi connectivity index (χ1n) is 13.6. The predicted octanol–water partition coefficient (Wildman–Crippen LogP) is 8.20. The molecule has 0 spiro atoms. The van der Waals surface area contributed by atoms with Gasteiger partial charge in [-0.2, -0.15) is 0 Å². The zero-order valence-electron chi connectivity index (χ0n) is 23.2. The number of anilines is 2. The number of rotatable bonds is 10. The van der Waals surface area contributed by atoms with Crippen LogP contribution >= 0.6 is 11.9 Å². The second-order valence-electron chi connectivity index (χ2n) is 9.89. The Labute approximate surface area is 233 Å². The summed E-state index contributed by atoms with van der Waals surface area (Å²) in [5.74, 6) is 0.958. The lowest BCUT2D eigenvalue weighted by Gasteiger charge is -2.25. The highest BCUT2D eigenvalue weighted by atomic mass is 32.2. The lowest BCUT2D eigenvalue weighted by atomic mass is 10.1. The standard InChI is InChI=1S/C33H41N3OS/c1-5-26(2)11-8-12-29-13-9-16-33(27(29)3)38-34-30-19-17-28(18-20-30)25-35-21-10-22-36(24-23-35)31-14-6-7-15-32(31)37-4/h6-9,11-20,34H,5,10,21-25H2,1-4H3/b12-8-,26-11+. The predicted molar refractivity (Wildman–Crippen MR) is 165 cm³/mol. The average Bonchev–Trinajstić information content (AvgIpc) is 3.19. The molecule has 0 unspecified atom stereocenters. The molecule has 0 saturated carbocycles. The van der Waals surface area contributed by atoms with Gasteiger partial charge in [-0.15, -0.1) is 0 Å². The van der Waals surface area contributed by atoms with E-state index in [4.69, 9.17) is 4.74 Å². The van der Waals surface area contributed by atoms with E-state index in [1.54, 1.807) is 19.1 Å². The lowest BCUT2D eigenvalue weighted by molar-refractivity contribution is 0.285. The average molecular weight is 528 g/mol. The van der Waals surface area contributed by atoms with Crippen molar-refractivity contribution in [1.82, 2.24) is 4.90 Å². The number of nitrogens with zero attached hydrogens (tertiary/aromatic N) is 2. The van der Waals surface area contributed by atoms with Crippen molar-refractivity contribution in [1.29, 1.82) is 0 Å². The van der Waals surface area contributed by atoms with Gasteiger partial charge in [0.25, 0.3) is 0 Å². The molecular weight excluding hydrogens is 486 g/mol. The number of methoxy groups -OCH3 is 1. The molecule has 0 radical (unpaired) electrons. The van der Waals surface area contributed by atoms with Gasteiger partial charge in [0.2, 0.25) is 0 Å². The fraction of sp³-hybridized carbons (Fsp3) is 0.333. The van der Waals surface area contributed by atoms with Gasteiger partial charge in [0.1, 0.15) is 5.75 Å². The van der Waals surface area contributed by atoms with Crippen molar-refractivity contribution in [3.05, 3.63) is 101 Å². The SMILES string of the molecule is CC/C(C)=C/C=C\c1cccc(SNc2ccc(CN3CCCN(c4ccccc4OC)CC3)cc2)c1C. The molecule has 5 heteroatoms. The van der Waals surface area contributed by atoms with Crippen LogP contribution in [0.2, 0.25) is 0 Å². The van der Waals surface area contributed by atoms with E-state index in [0.717, 1.165) is 57.0 Å². The first-order valence-corrected chi connectivity index (χ1v) is 14.4. The van der Waals surface area contributed by atoms with Gasteiger partial charge in [0.15, 0.2) is 0 Å². The molecule has 4 rings (SSSR count). The van der Waals surface area contributed by atoms with Crippen LogP contribution in [-0.4, -0.2) is 38.2 Å². The summed E-state index contributed by atoms with van der Waals surface area (Å²) in [6, 6.07) is 23.7. The van der Waals surface area contributed by atoms with E-state index in [0.29, 0.717) is 0 Å². The third-order valence-corrected chi connectivity index (χ3v) is 8.19. The topological polar surface area (TPSA) is 27.7 Å². The number of hydrogen-bond donors (Lipinski definition) is 1. The highest BCUT2D eigenvalue weighted by Gasteiger charge is 2.17. The summed E-state index contributed by atoms with van der Waals surface area (Å²) in [5.41, 5.74) is 7.62. The zero-order valence-corrected chi connectivity index (χ0v) is 24.1. The Hall–Kier alpha value is -3.15. The van der Waals surface area contributed by atoms with Gasteiger partial charge in [-0.05, 0) is 85.7 Å². The number of para-hydroxylation sites is 2. The van der Waals surface area contributed by atoms with Crippen molar-refractivity contribution in [3.8, 4) is 5.75 Å². The second kappa shape index (κ2) is 14.1. The highest BCUT2D eigenvalue weighted by molar-refractivity contribution is 8.00. The molecule has 3 aromatic carbocycles. The van der Waals surface area contributed by atoms with Crippen LogP contribution in [0.15, 0.2) is 89.4 Å². The summed E-state index contributed by atoms with van der Waals surface area (Å²) >= 11 is 1.68. The highest BCUT2D eigenvalue weighted by Crippen LogP contribution is 2.29. The molecule has 1 aliphatic heterocycles. The van der Waals surface area contributed by atoms with Gasteiger partial charge in [-0.1, -0.05) is 67.1 Å². The summed E-state index contributed by atoms with van der Waals surface area (Å²) < 4.78 is 9.13. The molecule has 0 aliphatic carbocycles. The van der Waals surface area contributed by atoms with Crippen LogP contribution in [-0.2, 0) is 6.54 Å². The van der Waals surface area contributed by atoms with Crippen LogP contribution in [0.4, 0.5) is 11.4 Å². The summed E-state index contributed by atoms with van der Waals surface area (Å²) in [5, 5.41) is 0.